The van der Waals surface area contributed by atoms with Gasteiger partial charge in [-0.15, -0.1) is 0 Å². The highest BCUT2D eigenvalue weighted by Crippen LogP contribution is 2.32. The van der Waals surface area contributed by atoms with Gasteiger partial charge < -0.3 is 19.5 Å². The molecule has 0 saturated carbocycles. The minimum absolute atomic E-state index is 0.00722. The summed E-state index contributed by atoms with van der Waals surface area (Å²) in [5.41, 5.74) is 1.26. The van der Waals surface area contributed by atoms with Crippen molar-refractivity contribution in [1.82, 2.24) is 14.8 Å². The van der Waals surface area contributed by atoms with Crippen molar-refractivity contribution >= 4 is 11.9 Å². The number of carboxylic acids is 1. The SMILES string of the molecule is CN(C)C(=O)COCC1CC[C@H]2[C@H](CCN2Cc2cccnc2)O1.O=C(O)C(F)(F)F. The number of carbonyl (C=O) groups is 2. The number of nitrogens with zero attached hydrogens (tertiary/aromatic N) is 3. The van der Waals surface area contributed by atoms with E-state index in [-0.39, 0.29) is 24.7 Å². The van der Waals surface area contributed by atoms with E-state index in [0.29, 0.717) is 12.6 Å². The molecule has 1 aromatic heterocycles. The van der Waals surface area contributed by atoms with Gasteiger partial charge in [0.1, 0.15) is 6.61 Å². The molecule has 0 bridgehead atoms. The largest absolute Gasteiger partial charge is 0.490 e. The molecule has 1 unspecified atom stereocenters. The van der Waals surface area contributed by atoms with E-state index in [0.717, 1.165) is 32.4 Å². The number of hydrogen-bond donors (Lipinski definition) is 1. The van der Waals surface area contributed by atoms with Crippen LogP contribution in [0.4, 0.5) is 13.2 Å². The summed E-state index contributed by atoms with van der Waals surface area (Å²) in [6.45, 7) is 2.65. The first-order valence-electron chi connectivity index (χ1n) is 9.94. The fourth-order valence-corrected chi connectivity index (χ4v) is 3.54. The zero-order valence-corrected chi connectivity index (χ0v) is 17.5. The van der Waals surface area contributed by atoms with Crippen molar-refractivity contribution in [2.24, 2.45) is 0 Å². The molecule has 1 aromatic rings. The highest BCUT2D eigenvalue weighted by molar-refractivity contribution is 5.76. The van der Waals surface area contributed by atoms with Crippen LogP contribution in [0.2, 0.25) is 0 Å². The van der Waals surface area contributed by atoms with Crippen LogP contribution in [0.3, 0.4) is 0 Å². The van der Waals surface area contributed by atoms with Crippen LogP contribution in [0, 0.1) is 0 Å². The van der Waals surface area contributed by atoms with Gasteiger partial charge in [0.2, 0.25) is 5.91 Å². The summed E-state index contributed by atoms with van der Waals surface area (Å²) in [6, 6.07) is 4.61. The Morgan fingerprint density at radius 3 is 2.61 bits per heavy atom. The number of aromatic nitrogens is 1. The van der Waals surface area contributed by atoms with Crippen LogP contribution in [0.1, 0.15) is 24.8 Å². The summed E-state index contributed by atoms with van der Waals surface area (Å²) in [5, 5.41) is 7.12. The second-order valence-corrected chi connectivity index (χ2v) is 7.67. The van der Waals surface area contributed by atoms with E-state index in [1.54, 1.807) is 19.0 Å². The molecule has 0 radical (unpaired) electrons. The fraction of sp³-hybridized carbons (Fsp3) is 0.650. The standard InChI is InChI=1S/C18H27N3O3.C2HF3O2/c1-20(2)18(22)13-23-12-15-5-6-16-17(24-15)7-9-21(16)11-14-4-3-8-19-10-14;3-2(4,5)1(6)7/h3-4,8,10,15-17H,5-7,9,11-13H2,1-2H3;(H,6,7)/t15?,16-,17-;/m0./s1. The number of alkyl halides is 3. The smallest absolute Gasteiger partial charge is 0.475 e. The summed E-state index contributed by atoms with van der Waals surface area (Å²) in [7, 11) is 3.48. The third-order valence-corrected chi connectivity index (χ3v) is 5.13. The maximum absolute atomic E-state index is 11.5. The third kappa shape index (κ3) is 8.08. The molecule has 0 spiro atoms. The lowest BCUT2D eigenvalue weighted by Gasteiger charge is -2.36. The van der Waals surface area contributed by atoms with Gasteiger partial charge in [-0.1, -0.05) is 6.07 Å². The van der Waals surface area contributed by atoms with Crippen LogP contribution in [0.25, 0.3) is 0 Å². The number of pyridine rings is 1. The number of rotatable bonds is 6. The molecule has 31 heavy (non-hydrogen) atoms. The van der Waals surface area contributed by atoms with Gasteiger partial charge in [0, 0.05) is 45.6 Å². The van der Waals surface area contributed by atoms with E-state index in [1.165, 1.54) is 5.56 Å². The molecular formula is C20H28F3N3O5. The number of ether oxygens (including phenoxy) is 2. The van der Waals surface area contributed by atoms with E-state index in [9.17, 15) is 18.0 Å². The molecule has 8 nitrogen and oxygen atoms in total. The number of carbonyl (C=O) groups excluding carboxylic acids is 1. The van der Waals surface area contributed by atoms with Crippen LogP contribution < -0.4 is 0 Å². The molecule has 3 atom stereocenters. The Bertz CT molecular complexity index is 718. The van der Waals surface area contributed by atoms with E-state index in [1.807, 2.05) is 18.5 Å². The Balaban J connectivity index is 0.000000423. The molecule has 2 aliphatic heterocycles. The van der Waals surface area contributed by atoms with Crippen molar-refractivity contribution in [2.75, 3.05) is 33.9 Å². The molecule has 2 aliphatic rings. The Morgan fingerprint density at radius 2 is 2.03 bits per heavy atom. The van der Waals surface area contributed by atoms with Gasteiger partial charge in [-0.2, -0.15) is 13.2 Å². The summed E-state index contributed by atoms with van der Waals surface area (Å²) < 4.78 is 43.5. The van der Waals surface area contributed by atoms with Crippen LogP contribution in [-0.4, -0.2) is 90.0 Å². The topological polar surface area (TPSA) is 92.2 Å². The molecule has 3 heterocycles. The average Bonchev–Trinajstić information content (AvgIpc) is 3.10. The molecule has 2 fully saturated rings. The number of likely N-dealkylation sites (tertiary alicyclic amines) is 1. The first-order chi connectivity index (χ1) is 14.6. The van der Waals surface area contributed by atoms with E-state index in [2.05, 4.69) is 16.0 Å². The van der Waals surface area contributed by atoms with Crippen molar-refractivity contribution in [2.45, 2.75) is 50.2 Å². The number of aliphatic carboxylic acids is 1. The Kier molecular flexibility index (Phi) is 9.20. The predicted molar refractivity (Wildman–Crippen MR) is 104 cm³/mol. The predicted octanol–water partition coefficient (Wildman–Crippen LogP) is 1.94. The van der Waals surface area contributed by atoms with Crippen molar-refractivity contribution in [3.8, 4) is 0 Å². The highest BCUT2D eigenvalue weighted by Gasteiger charge is 2.40. The molecule has 1 N–H and O–H groups in total. The maximum atomic E-state index is 11.5. The lowest BCUT2D eigenvalue weighted by molar-refractivity contribution is -0.192. The number of hydrogen-bond acceptors (Lipinski definition) is 6. The van der Waals surface area contributed by atoms with Gasteiger partial charge in [-0.3, -0.25) is 14.7 Å². The lowest BCUT2D eigenvalue weighted by atomic mass is 9.99. The Hall–Kier alpha value is -2.24. The zero-order chi connectivity index (χ0) is 23.0. The number of halogens is 3. The lowest BCUT2D eigenvalue weighted by Crippen LogP contribution is -2.43. The van der Waals surface area contributed by atoms with Crippen molar-refractivity contribution in [3.05, 3.63) is 30.1 Å². The van der Waals surface area contributed by atoms with Gasteiger partial charge in [-0.05, 0) is 30.9 Å². The normalized spacial score (nSPS) is 23.5. The number of carboxylic acid groups (broad SMARTS) is 1. The molecular weight excluding hydrogens is 419 g/mol. The van der Waals surface area contributed by atoms with E-state index >= 15 is 0 Å². The van der Waals surface area contributed by atoms with Crippen molar-refractivity contribution < 1.29 is 37.3 Å². The Labute approximate surface area is 178 Å². The van der Waals surface area contributed by atoms with Gasteiger partial charge in [0.25, 0.3) is 0 Å². The van der Waals surface area contributed by atoms with Gasteiger partial charge in [0.05, 0.1) is 18.8 Å². The molecule has 3 rings (SSSR count). The summed E-state index contributed by atoms with van der Waals surface area (Å²) in [4.78, 5) is 28.7. The van der Waals surface area contributed by atoms with Gasteiger partial charge in [0.15, 0.2) is 0 Å². The second kappa shape index (κ2) is 11.4. The second-order valence-electron chi connectivity index (χ2n) is 7.67. The van der Waals surface area contributed by atoms with Gasteiger partial charge >= 0.3 is 12.1 Å². The fourth-order valence-electron chi connectivity index (χ4n) is 3.54. The molecule has 2 saturated heterocycles. The van der Waals surface area contributed by atoms with Crippen molar-refractivity contribution in [3.63, 3.8) is 0 Å². The molecule has 0 aliphatic carbocycles. The number of likely N-dealkylation sites (N-methyl/N-ethyl adjacent to an activating group) is 1. The first kappa shape index (κ1) is 25.0. The van der Waals surface area contributed by atoms with Crippen LogP contribution in [0.5, 0.6) is 0 Å². The van der Waals surface area contributed by atoms with E-state index in [4.69, 9.17) is 19.4 Å². The number of fused-ring (bicyclic) bond motifs is 1. The highest BCUT2D eigenvalue weighted by atomic mass is 19.4. The maximum Gasteiger partial charge on any atom is 0.490 e. The van der Waals surface area contributed by atoms with Crippen LogP contribution in [0.15, 0.2) is 24.5 Å². The monoisotopic (exact) mass is 447 g/mol. The molecule has 0 aromatic carbocycles. The van der Waals surface area contributed by atoms with Gasteiger partial charge in [-0.25, -0.2) is 4.79 Å². The average molecular weight is 447 g/mol. The molecule has 1 amide bonds. The van der Waals surface area contributed by atoms with Crippen molar-refractivity contribution in [1.29, 1.82) is 0 Å². The third-order valence-electron chi connectivity index (χ3n) is 5.13. The molecule has 11 heteroatoms. The van der Waals surface area contributed by atoms with Crippen LogP contribution in [-0.2, 0) is 25.6 Å². The Morgan fingerprint density at radius 1 is 1.32 bits per heavy atom. The number of amides is 1. The summed E-state index contributed by atoms with van der Waals surface area (Å²) in [6.07, 6.45) is 2.24. The van der Waals surface area contributed by atoms with Crippen LogP contribution >= 0.6 is 0 Å². The zero-order valence-electron chi connectivity index (χ0n) is 17.5. The summed E-state index contributed by atoms with van der Waals surface area (Å²) in [5.74, 6) is -2.76. The quantitative estimate of drug-likeness (QED) is 0.713. The summed E-state index contributed by atoms with van der Waals surface area (Å²) >= 11 is 0. The molecule has 174 valence electrons. The first-order valence-corrected chi connectivity index (χ1v) is 9.94. The van der Waals surface area contributed by atoms with E-state index < -0.39 is 12.1 Å². The minimum Gasteiger partial charge on any atom is -0.475 e. The minimum atomic E-state index is -5.08.